The Bertz CT molecular complexity index is 596. The largest absolute Gasteiger partial charge is 0.495 e. The van der Waals surface area contributed by atoms with Gasteiger partial charge in [0.2, 0.25) is 0 Å². The first-order valence-electron chi connectivity index (χ1n) is 5.54. The monoisotopic (exact) mass is 277 g/mol. The van der Waals surface area contributed by atoms with Gasteiger partial charge in [-0.25, -0.2) is 4.79 Å². The molecule has 2 rings (SSSR count). The molecule has 0 aliphatic carbocycles. The number of ether oxygens (including phenoxy) is 1. The second-order valence-electron chi connectivity index (χ2n) is 3.86. The highest BCUT2D eigenvalue weighted by atomic mass is 35.5. The third kappa shape index (κ3) is 3.17. The number of nitrogens with one attached hydrogen (secondary N) is 1. The summed E-state index contributed by atoms with van der Waals surface area (Å²) in [4.78, 5) is 10.7. The zero-order valence-electron chi connectivity index (χ0n) is 10.2. The minimum absolute atomic E-state index is 0.248. The van der Waals surface area contributed by atoms with Crippen LogP contribution in [-0.4, -0.2) is 18.2 Å². The number of halogens is 1. The number of aromatic carboxylic acids is 1. The molecule has 98 valence electrons. The summed E-state index contributed by atoms with van der Waals surface area (Å²) >= 11 is 6.02. The van der Waals surface area contributed by atoms with Gasteiger partial charge in [-0.15, -0.1) is 0 Å². The molecule has 5 heteroatoms. The predicted octanol–water partition coefficient (Wildman–Crippen LogP) is 3.79. The van der Waals surface area contributed by atoms with E-state index in [-0.39, 0.29) is 5.56 Å². The number of anilines is 2. The number of hydrogen-bond donors (Lipinski definition) is 2. The fourth-order valence-electron chi connectivity index (χ4n) is 1.61. The Hall–Kier alpha value is -2.20. The van der Waals surface area contributed by atoms with Crippen molar-refractivity contribution in [3.05, 3.63) is 53.1 Å². The summed E-state index contributed by atoms with van der Waals surface area (Å²) < 4.78 is 5.07. The van der Waals surface area contributed by atoms with E-state index in [0.29, 0.717) is 10.8 Å². The van der Waals surface area contributed by atoms with E-state index < -0.39 is 5.97 Å². The van der Waals surface area contributed by atoms with Gasteiger partial charge in [-0.3, -0.25) is 0 Å². The first-order valence-corrected chi connectivity index (χ1v) is 5.92. The molecule has 0 radical (unpaired) electrons. The number of carboxylic acids is 1. The van der Waals surface area contributed by atoms with Crippen molar-refractivity contribution in [1.29, 1.82) is 0 Å². The molecule has 2 aromatic carbocycles. The van der Waals surface area contributed by atoms with Crippen molar-refractivity contribution in [2.75, 3.05) is 12.4 Å². The maximum absolute atomic E-state index is 10.7. The molecule has 0 saturated heterocycles. The van der Waals surface area contributed by atoms with E-state index in [0.717, 1.165) is 11.4 Å². The molecule has 0 heterocycles. The number of methoxy groups -OCH3 is 1. The SMILES string of the molecule is COc1ccc(Nc2ccc(C(=O)O)cc2)cc1Cl. The molecule has 0 aromatic heterocycles. The van der Waals surface area contributed by atoms with E-state index in [2.05, 4.69) is 5.32 Å². The lowest BCUT2D eigenvalue weighted by molar-refractivity contribution is 0.0697. The first kappa shape index (κ1) is 13.2. The summed E-state index contributed by atoms with van der Waals surface area (Å²) in [5.41, 5.74) is 1.83. The van der Waals surface area contributed by atoms with E-state index in [1.54, 1.807) is 31.4 Å². The van der Waals surface area contributed by atoms with Gasteiger partial charge in [0.25, 0.3) is 0 Å². The van der Waals surface area contributed by atoms with Crippen LogP contribution in [0.25, 0.3) is 0 Å². The third-order valence-electron chi connectivity index (χ3n) is 2.57. The lowest BCUT2D eigenvalue weighted by Gasteiger charge is -2.09. The molecule has 0 atom stereocenters. The fraction of sp³-hybridized carbons (Fsp3) is 0.0714. The van der Waals surface area contributed by atoms with Crippen molar-refractivity contribution in [1.82, 2.24) is 0 Å². The van der Waals surface area contributed by atoms with Gasteiger partial charge in [-0.1, -0.05) is 11.6 Å². The molecule has 0 bridgehead atoms. The normalized spacial score (nSPS) is 10.0. The number of benzene rings is 2. The van der Waals surface area contributed by atoms with Crippen molar-refractivity contribution >= 4 is 28.9 Å². The number of rotatable bonds is 4. The highest BCUT2D eigenvalue weighted by molar-refractivity contribution is 6.32. The number of carbonyl (C=O) groups is 1. The van der Waals surface area contributed by atoms with Gasteiger partial charge in [0.15, 0.2) is 0 Å². The lowest BCUT2D eigenvalue weighted by atomic mass is 10.2. The van der Waals surface area contributed by atoms with Crippen molar-refractivity contribution in [2.24, 2.45) is 0 Å². The van der Waals surface area contributed by atoms with Crippen molar-refractivity contribution in [3.63, 3.8) is 0 Å². The van der Waals surface area contributed by atoms with Crippen molar-refractivity contribution in [3.8, 4) is 5.75 Å². The van der Waals surface area contributed by atoms with Gasteiger partial charge in [-0.2, -0.15) is 0 Å². The van der Waals surface area contributed by atoms with Crippen molar-refractivity contribution in [2.45, 2.75) is 0 Å². The van der Waals surface area contributed by atoms with Crippen LogP contribution in [0, 0.1) is 0 Å². The standard InChI is InChI=1S/C14H12ClNO3/c1-19-13-7-6-11(8-12(13)15)16-10-4-2-9(3-5-10)14(17)18/h2-8,16H,1H3,(H,17,18). The van der Waals surface area contributed by atoms with Gasteiger partial charge >= 0.3 is 5.97 Å². The lowest BCUT2D eigenvalue weighted by Crippen LogP contribution is -1.96. The molecule has 2 aromatic rings. The van der Waals surface area contributed by atoms with Gasteiger partial charge in [0.05, 0.1) is 17.7 Å². The predicted molar refractivity (Wildman–Crippen MR) is 74.7 cm³/mol. The quantitative estimate of drug-likeness (QED) is 0.893. The highest BCUT2D eigenvalue weighted by Crippen LogP contribution is 2.28. The molecule has 4 nitrogen and oxygen atoms in total. The van der Waals surface area contributed by atoms with Gasteiger partial charge < -0.3 is 15.2 Å². The molecule has 0 aliphatic heterocycles. The average molecular weight is 278 g/mol. The smallest absolute Gasteiger partial charge is 0.335 e. The van der Waals surface area contributed by atoms with Crippen LogP contribution in [0.2, 0.25) is 5.02 Å². The van der Waals surface area contributed by atoms with E-state index in [1.165, 1.54) is 12.1 Å². The Labute approximate surface area is 115 Å². The molecular weight excluding hydrogens is 266 g/mol. The Kier molecular flexibility index (Phi) is 3.92. The first-order chi connectivity index (χ1) is 9.10. The molecular formula is C14H12ClNO3. The van der Waals surface area contributed by atoms with Crippen LogP contribution in [0.15, 0.2) is 42.5 Å². The van der Waals surface area contributed by atoms with Crippen LogP contribution in [0.4, 0.5) is 11.4 Å². The highest BCUT2D eigenvalue weighted by Gasteiger charge is 2.04. The molecule has 0 unspecified atom stereocenters. The molecule has 0 amide bonds. The second kappa shape index (κ2) is 5.63. The zero-order chi connectivity index (χ0) is 13.8. The zero-order valence-corrected chi connectivity index (χ0v) is 10.9. The fourth-order valence-corrected chi connectivity index (χ4v) is 1.86. The van der Waals surface area contributed by atoms with Crippen LogP contribution < -0.4 is 10.1 Å². The maximum atomic E-state index is 10.7. The summed E-state index contributed by atoms with van der Waals surface area (Å²) in [7, 11) is 1.55. The van der Waals surface area contributed by atoms with Crippen LogP contribution in [0.3, 0.4) is 0 Å². The number of hydrogen-bond acceptors (Lipinski definition) is 3. The molecule has 0 spiro atoms. The van der Waals surface area contributed by atoms with E-state index in [9.17, 15) is 4.79 Å². The van der Waals surface area contributed by atoms with Gasteiger partial charge in [0, 0.05) is 11.4 Å². The Balaban J connectivity index is 2.16. The van der Waals surface area contributed by atoms with Crippen LogP contribution in [0.1, 0.15) is 10.4 Å². The molecule has 0 saturated carbocycles. The van der Waals surface area contributed by atoms with E-state index >= 15 is 0 Å². The van der Waals surface area contributed by atoms with E-state index in [4.69, 9.17) is 21.4 Å². The minimum Gasteiger partial charge on any atom is -0.495 e. The summed E-state index contributed by atoms with van der Waals surface area (Å²) in [6, 6.07) is 11.8. The number of carboxylic acid groups (broad SMARTS) is 1. The Morgan fingerprint density at radius 3 is 2.32 bits per heavy atom. The summed E-state index contributed by atoms with van der Waals surface area (Å²) in [5, 5.41) is 12.4. The molecule has 0 aliphatic rings. The summed E-state index contributed by atoms with van der Waals surface area (Å²) in [6.07, 6.45) is 0. The van der Waals surface area contributed by atoms with Crippen LogP contribution >= 0.6 is 11.6 Å². The summed E-state index contributed by atoms with van der Waals surface area (Å²) in [6.45, 7) is 0. The Morgan fingerprint density at radius 2 is 1.79 bits per heavy atom. The van der Waals surface area contributed by atoms with Gasteiger partial charge in [-0.05, 0) is 42.5 Å². The van der Waals surface area contributed by atoms with Crippen LogP contribution in [0.5, 0.6) is 5.75 Å². The van der Waals surface area contributed by atoms with Crippen LogP contribution in [-0.2, 0) is 0 Å². The molecule has 0 fully saturated rings. The maximum Gasteiger partial charge on any atom is 0.335 e. The summed E-state index contributed by atoms with van der Waals surface area (Å²) in [5.74, 6) is -0.340. The van der Waals surface area contributed by atoms with E-state index in [1.807, 2.05) is 6.07 Å². The molecule has 2 N–H and O–H groups in total. The third-order valence-corrected chi connectivity index (χ3v) is 2.87. The average Bonchev–Trinajstić information content (AvgIpc) is 2.39. The minimum atomic E-state index is -0.945. The van der Waals surface area contributed by atoms with Crippen molar-refractivity contribution < 1.29 is 14.6 Å². The second-order valence-corrected chi connectivity index (χ2v) is 4.26. The Morgan fingerprint density at radius 1 is 1.16 bits per heavy atom. The molecule has 19 heavy (non-hydrogen) atoms. The van der Waals surface area contributed by atoms with Gasteiger partial charge in [0.1, 0.15) is 5.75 Å². The topological polar surface area (TPSA) is 58.6 Å².